The van der Waals surface area contributed by atoms with Crippen LogP contribution in [-0.2, 0) is 6.42 Å². The van der Waals surface area contributed by atoms with Crippen molar-refractivity contribution in [2.75, 3.05) is 33.4 Å². The van der Waals surface area contributed by atoms with Crippen LogP contribution < -0.4 is 9.47 Å². The molecule has 0 aliphatic heterocycles. The number of fused-ring (bicyclic) bond motifs is 1. The van der Waals surface area contributed by atoms with Gasteiger partial charge in [0.2, 0.25) is 0 Å². The number of likely N-dealkylation sites (N-methyl/N-ethyl adjacent to an activating group) is 1. The zero-order chi connectivity index (χ0) is 23.9. The highest BCUT2D eigenvalue weighted by molar-refractivity contribution is 6.17. The highest BCUT2D eigenvalue weighted by Crippen LogP contribution is 2.32. The average Bonchev–Trinajstić information content (AvgIpc) is 3.24. The van der Waals surface area contributed by atoms with E-state index in [4.69, 9.17) is 13.9 Å². The maximum absolute atomic E-state index is 13.6. The van der Waals surface area contributed by atoms with E-state index in [-0.39, 0.29) is 5.78 Å². The summed E-state index contributed by atoms with van der Waals surface area (Å²) in [7, 11) is 1.65. The van der Waals surface area contributed by atoms with Gasteiger partial charge in [0.05, 0.1) is 12.7 Å². The van der Waals surface area contributed by atoms with Crippen LogP contribution in [0.1, 0.15) is 41.1 Å². The van der Waals surface area contributed by atoms with Gasteiger partial charge < -0.3 is 18.8 Å². The molecule has 0 aliphatic rings. The Balaban J connectivity index is 1.59. The number of ether oxygens (including phenoxy) is 2. The van der Waals surface area contributed by atoms with E-state index < -0.39 is 0 Å². The van der Waals surface area contributed by atoms with E-state index in [0.717, 1.165) is 42.1 Å². The minimum Gasteiger partial charge on any atom is -0.496 e. The summed E-state index contributed by atoms with van der Waals surface area (Å²) in [6.45, 7) is 7.79. The molecule has 5 nitrogen and oxygen atoms in total. The second-order valence-corrected chi connectivity index (χ2v) is 8.11. The number of hydrogen-bond donors (Lipinski definition) is 0. The van der Waals surface area contributed by atoms with E-state index in [9.17, 15) is 4.79 Å². The molecule has 0 radical (unpaired) electrons. The van der Waals surface area contributed by atoms with Crippen LogP contribution in [0.25, 0.3) is 11.0 Å². The monoisotopic (exact) mass is 457 g/mol. The molecule has 0 atom stereocenters. The number of nitrogens with zero attached hydrogens (tertiary/aromatic N) is 1. The maximum Gasteiger partial charge on any atom is 0.197 e. The van der Waals surface area contributed by atoms with Crippen molar-refractivity contribution in [3.8, 4) is 11.5 Å². The predicted octanol–water partition coefficient (Wildman–Crippen LogP) is 5.98. The molecule has 1 aromatic heterocycles. The number of benzene rings is 3. The summed E-state index contributed by atoms with van der Waals surface area (Å²) in [4.78, 5) is 16.0. The van der Waals surface area contributed by atoms with Gasteiger partial charge >= 0.3 is 0 Å². The van der Waals surface area contributed by atoms with Gasteiger partial charge in [-0.2, -0.15) is 0 Å². The van der Waals surface area contributed by atoms with Crippen molar-refractivity contribution in [1.29, 1.82) is 0 Å². The molecule has 0 bridgehead atoms. The van der Waals surface area contributed by atoms with Crippen LogP contribution in [0.4, 0.5) is 0 Å². The molecular formula is C29H31NO4. The molecule has 4 aromatic rings. The molecule has 0 amide bonds. The van der Waals surface area contributed by atoms with Gasteiger partial charge in [0.1, 0.15) is 29.4 Å². The van der Waals surface area contributed by atoms with Gasteiger partial charge in [-0.3, -0.25) is 4.79 Å². The Hall–Kier alpha value is -3.57. The number of methoxy groups -OCH3 is 1. The van der Waals surface area contributed by atoms with Crippen LogP contribution in [0.15, 0.2) is 77.2 Å². The third kappa shape index (κ3) is 5.15. The van der Waals surface area contributed by atoms with Gasteiger partial charge in [-0.15, -0.1) is 0 Å². The van der Waals surface area contributed by atoms with Gasteiger partial charge in [-0.05, 0) is 49.5 Å². The molecule has 0 N–H and O–H groups in total. The van der Waals surface area contributed by atoms with Gasteiger partial charge in [0, 0.05) is 29.5 Å². The summed E-state index contributed by atoms with van der Waals surface area (Å²) in [6, 6.07) is 22.8. The first-order valence-corrected chi connectivity index (χ1v) is 11.8. The summed E-state index contributed by atoms with van der Waals surface area (Å²) >= 11 is 0. The van der Waals surface area contributed by atoms with Gasteiger partial charge in [-0.1, -0.05) is 50.2 Å². The molecule has 34 heavy (non-hydrogen) atoms. The summed E-state index contributed by atoms with van der Waals surface area (Å²) in [5.74, 6) is 2.10. The van der Waals surface area contributed by atoms with Crippen molar-refractivity contribution < 1.29 is 18.7 Å². The highest BCUT2D eigenvalue weighted by atomic mass is 16.5. The molecule has 4 rings (SSSR count). The minimum absolute atomic E-state index is 0.0652. The van der Waals surface area contributed by atoms with E-state index in [1.807, 2.05) is 72.8 Å². The normalized spacial score (nSPS) is 11.2. The van der Waals surface area contributed by atoms with Gasteiger partial charge in [0.15, 0.2) is 5.78 Å². The van der Waals surface area contributed by atoms with Crippen molar-refractivity contribution in [3.63, 3.8) is 0 Å². The van der Waals surface area contributed by atoms with E-state index in [1.165, 1.54) is 0 Å². The van der Waals surface area contributed by atoms with E-state index >= 15 is 0 Å². The first kappa shape index (κ1) is 23.6. The van der Waals surface area contributed by atoms with Crippen LogP contribution in [0, 0.1) is 0 Å². The Bertz CT molecular complexity index is 1240. The number of para-hydroxylation sites is 2. The average molecular weight is 458 g/mol. The lowest BCUT2D eigenvalue weighted by Gasteiger charge is -2.18. The lowest BCUT2D eigenvalue weighted by Crippen LogP contribution is -2.27. The molecule has 0 fully saturated rings. The Labute approximate surface area is 200 Å². The van der Waals surface area contributed by atoms with Crippen LogP contribution in [-0.4, -0.2) is 44.0 Å². The van der Waals surface area contributed by atoms with Crippen molar-refractivity contribution in [2.24, 2.45) is 0 Å². The van der Waals surface area contributed by atoms with E-state index in [0.29, 0.717) is 35.5 Å². The fourth-order valence-electron chi connectivity index (χ4n) is 4.17. The molecule has 0 aliphatic carbocycles. The van der Waals surface area contributed by atoms with Crippen molar-refractivity contribution in [3.05, 3.63) is 95.2 Å². The summed E-state index contributed by atoms with van der Waals surface area (Å²) < 4.78 is 17.5. The minimum atomic E-state index is -0.0652. The molecular weight excluding hydrogens is 426 g/mol. The molecule has 0 saturated carbocycles. The Morgan fingerprint density at radius 1 is 0.912 bits per heavy atom. The van der Waals surface area contributed by atoms with Crippen LogP contribution in [0.5, 0.6) is 11.5 Å². The summed E-state index contributed by atoms with van der Waals surface area (Å²) in [5.41, 5.74) is 2.86. The number of hydrogen-bond acceptors (Lipinski definition) is 5. The quantitative estimate of drug-likeness (QED) is 0.259. The van der Waals surface area contributed by atoms with Crippen LogP contribution in [0.3, 0.4) is 0 Å². The molecule has 0 saturated heterocycles. The Morgan fingerprint density at radius 2 is 1.62 bits per heavy atom. The second kappa shape index (κ2) is 11.0. The highest BCUT2D eigenvalue weighted by Gasteiger charge is 2.23. The first-order valence-electron chi connectivity index (χ1n) is 11.8. The lowest BCUT2D eigenvalue weighted by molar-refractivity contribution is 0.103. The van der Waals surface area contributed by atoms with Crippen molar-refractivity contribution >= 4 is 16.8 Å². The number of rotatable bonds is 11. The number of carbonyl (C=O) groups is 1. The van der Waals surface area contributed by atoms with Crippen molar-refractivity contribution in [2.45, 2.75) is 20.3 Å². The first-order chi connectivity index (χ1) is 16.6. The van der Waals surface area contributed by atoms with Crippen molar-refractivity contribution in [1.82, 2.24) is 4.90 Å². The molecule has 0 unspecified atom stereocenters. The third-order valence-electron chi connectivity index (χ3n) is 6.13. The maximum atomic E-state index is 13.6. The van der Waals surface area contributed by atoms with E-state index in [1.54, 1.807) is 7.11 Å². The Morgan fingerprint density at radius 3 is 2.35 bits per heavy atom. The zero-order valence-corrected chi connectivity index (χ0v) is 20.0. The standard InChI is InChI=1S/C29H31NO4/c1-4-30(5-2)18-19-33-23-16-14-21(15-17-23)29(31)28-24-11-7-9-13-26(24)34-27(28)20-22-10-6-8-12-25(22)32-3/h6-17H,4-5,18-20H2,1-3H3. The van der Waals surface area contributed by atoms with Gasteiger partial charge in [-0.25, -0.2) is 0 Å². The molecule has 176 valence electrons. The number of carbonyl (C=O) groups excluding carboxylic acids is 1. The topological polar surface area (TPSA) is 51.9 Å². The smallest absolute Gasteiger partial charge is 0.197 e. The van der Waals surface area contributed by atoms with Crippen LogP contribution in [0.2, 0.25) is 0 Å². The van der Waals surface area contributed by atoms with Gasteiger partial charge in [0.25, 0.3) is 0 Å². The fraction of sp³-hybridized carbons (Fsp3) is 0.276. The molecule has 3 aromatic carbocycles. The second-order valence-electron chi connectivity index (χ2n) is 8.11. The third-order valence-corrected chi connectivity index (χ3v) is 6.13. The molecule has 1 heterocycles. The molecule has 0 spiro atoms. The SMILES string of the molecule is CCN(CC)CCOc1ccc(C(=O)c2c(Cc3ccccc3OC)oc3ccccc23)cc1. The van der Waals surface area contributed by atoms with Crippen LogP contribution >= 0.6 is 0 Å². The van der Waals surface area contributed by atoms with E-state index in [2.05, 4.69) is 18.7 Å². The number of furan rings is 1. The summed E-state index contributed by atoms with van der Waals surface area (Å²) in [6.07, 6.45) is 0.465. The lowest BCUT2D eigenvalue weighted by atomic mass is 9.97. The largest absolute Gasteiger partial charge is 0.496 e. The zero-order valence-electron chi connectivity index (χ0n) is 20.0. The predicted molar refractivity (Wildman–Crippen MR) is 135 cm³/mol. The number of ketones is 1. The molecule has 5 heteroatoms. The summed E-state index contributed by atoms with van der Waals surface area (Å²) in [5, 5.41) is 0.817. The fourth-order valence-corrected chi connectivity index (χ4v) is 4.17. The Kier molecular flexibility index (Phi) is 7.65.